The fourth-order valence-corrected chi connectivity index (χ4v) is 7.37. The van der Waals surface area contributed by atoms with Crippen molar-refractivity contribution >= 4 is 49.4 Å². The smallest absolute Gasteiger partial charge is 0.337 e. The van der Waals surface area contributed by atoms with Crippen molar-refractivity contribution in [3.63, 3.8) is 0 Å². The normalized spacial score (nSPS) is 18.9. The zero-order chi connectivity index (χ0) is 27.6. The lowest BCUT2D eigenvalue weighted by Gasteiger charge is -2.34. The predicted molar refractivity (Wildman–Crippen MR) is 141 cm³/mol. The highest BCUT2D eigenvalue weighted by Gasteiger charge is 2.31. The van der Waals surface area contributed by atoms with Gasteiger partial charge in [0, 0.05) is 18.7 Å². The van der Waals surface area contributed by atoms with Gasteiger partial charge in [-0.1, -0.05) is 25.2 Å². The molecule has 12 heteroatoms. The van der Waals surface area contributed by atoms with Crippen molar-refractivity contribution in [2.24, 2.45) is 16.8 Å². The maximum absolute atomic E-state index is 13.2. The van der Waals surface area contributed by atoms with Gasteiger partial charge in [-0.15, -0.1) is 0 Å². The molecule has 0 bridgehead atoms. The van der Waals surface area contributed by atoms with Crippen LogP contribution in [0.15, 0.2) is 52.4 Å². The van der Waals surface area contributed by atoms with Crippen molar-refractivity contribution < 1.29 is 32.3 Å². The molecule has 0 N–H and O–H groups in total. The van der Waals surface area contributed by atoms with Gasteiger partial charge in [-0.2, -0.15) is 9.30 Å². The number of hydrogen-bond donors (Lipinski definition) is 0. The zero-order valence-electron chi connectivity index (χ0n) is 21.5. The summed E-state index contributed by atoms with van der Waals surface area (Å²) in [5, 5.41) is 0. The molecule has 2 aromatic carbocycles. The summed E-state index contributed by atoms with van der Waals surface area (Å²) in [6.07, 6.45) is 0.985. The Morgan fingerprint density at radius 3 is 2.21 bits per heavy atom. The number of esters is 2. The second-order valence-electron chi connectivity index (χ2n) is 9.43. The number of ether oxygens (including phenoxy) is 2. The lowest BCUT2D eigenvalue weighted by Crippen LogP contribution is -2.42. The molecular formula is C26H29N3O7S2. The minimum Gasteiger partial charge on any atom is -0.468 e. The third-order valence-electron chi connectivity index (χ3n) is 6.39. The zero-order valence-corrected chi connectivity index (χ0v) is 23.2. The quantitative estimate of drug-likeness (QED) is 0.425. The standard InChI is InChI=1S/C26H29N3O7S2/c1-16-11-17(2)14-28(13-16)38(33,34)20-8-5-18(6-9-20)24(31)27-26-29(15-23(30)35-3)21-10-7-19(25(32)36-4)12-22(21)37-26/h5-10,12,16-17H,11,13-15H2,1-4H3. The Labute approximate surface area is 224 Å². The average Bonchev–Trinajstić information content (AvgIpc) is 3.23. The molecule has 0 saturated carbocycles. The third-order valence-corrected chi connectivity index (χ3v) is 9.28. The van der Waals surface area contributed by atoms with E-state index >= 15 is 0 Å². The first-order chi connectivity index (χ1) is 18.0. The van der Waals surface area contributed by atoms with E-state index in [1.807, 2.05) is 13.8 Å². The lowest BCUT2D eigenvalue weighted by atomic mass is 9.94. The number of aromatic nitrogens is 1. The highest BCUT2D eigenvalue weighted by atomic mass is 32.2. The maximum Gasteiger partial charge on any atom is 0.337 e. The summed E-state index contributed by atoms with van der Waals surface area (Å²) >= 11 is 1.13. The molecule has 2 heterocycles. The fourth-order valence-electron chi connectivity index (χ4n) is 4.62. The summed E-state index contributed by atoms with van der Waals surface area (Å²) in [5.41, 5.74) is 1.10. The molecule has 1 aliphatic heterocycles. The molecule has 10 nitrogen and oxygen atoms in total. The molecule has 1 aliphatic rings. The minimum absolute atomic E-state index is 0.119. The molecule has 0 spiro atoms. The molecule has 0 aliphatic carbocycles. The molecule has 38 heavy (non-hydrogen) atoms. The summed E-state index contributed by atoms with van der Waals surface area (Å²) in [6, 6.07) is 10.5. The van der Waals surface area contributed by atoms with Crippen molar-refractivity contribution in [3.8, 4) is 0 Å². The lowest BCUT2D eigenvalue weighted by molar-refractivity contribution is -0.141. The van der Waals surface area contributed by atoms with Gasteiger partial charge in [0.05, 0.1) is 34.9 Å². The van der Waals surface area contributed by atoms with Crippen LogP contribution in [0.2, 0.25) is 0 Å². The van der Waals surface area contributed by atoms with Crippen LogP contribution in [0, 0.1) is 11.8 Å². The SMILES string of the molecule is COC(=O)Cn1c(=NC(=O)c2ccc(S(=O)(=O)N3CC(C)CC(C)C3)cc2)sc2cc(C(=O)OC)ccc21. The van der Waals surface area contributed by atoms with Crippen LogP contribution < -0.4 is 4.80 Å². The number of thiazole rings is 1. The van der Waals surface area contributed by atoms with Crippen LogP contribution in [-0.4, -0.2) is 62.4 Å². The third kappa shape index (κ3) is 5.71. The number of hydrogen-bond acceptors (Lipinski definition) is 8. The van der Waals surface area contributed by atoms with E-state index in [4.69, 9.17) is 9.47 Å². The van der Waals surface area contributed by atoms with E-state index in [1.54, 1.807) is 18.2 Å². The van der Waals surface area contributed by atoms with Crippen LogP contribution in [0.5, 0.6) is 0 Å². The van der Waals surface area contributed by atoms with Crippen LogP contribution in [-0.2, 0) is 30.8 Å². The summed E-state index contributed by atoms with van der Waals surface area (Å²) in [5.74, 6) is -1.11. The first-order valence-corrected chi connectivity index (χ1v) is 14.3. The topological polar surface area (TPSA) is 124 Å². The first kappa shape index (κ1) is 27.7. The van der Waals surface area contributed by atoms with Crippen molar-refractivity contribution in [1.82, 2.24) is 8.87 Å². The number of nitrogens with zero attached hydrogens (tertiary/aromatic N) is 3. The van der Waals surface area contributed by atoms with E-state index in [0.29, 0.717) is 28.9 Å². The number of benzene rings is 2. The van der Waals surface area contributed by atoms with Crippen molar-refractivity contribution in [2.75, 3.05) is 27.3 Å². The van der Waals surface area contributed by atoms with Crippen molar-refractivity contribution in [3.05, 3.63) is 58.4 Å². The van der Waals surface area contributed by atoms with E-state index < -0.39 is 27.9 Å². The van der Waals surface area contributed by atoms with Gasteiger partial charge in [0.2, 0.25) is 10.0 Å². The van der Waals surface area contributed by atoms with Gasteiger partial charge in [0.25, 0.3) is 5.91 Å². The van der Waals surface area contributed by atoms with E-state index in [1.165, 1.54) is 47.4 Å². The van der Waals surface area contributed by atoms with Crippen LogP contribution in [0.3, 0.4) is 0 Å². The van der Waals surface area contributed by atoms with E-state index in [9.17, 15) is 22.8 Å². The molecule has 1 saturated heterocycles. The van der Waals surface area contributed by atoms with E-state index in [2.05, 4.69) is 4.99 Å². The van der Waals surface area contributed by atoms with Gasteiger partial charge in [-0.05, 0) is 60.7 Å². The van der Waals surface area contributed by atoms with E-state index in [-0.39, 0.29) is 33.6 Å². The molecule has 0 radical (unpaired) electrons. The Hall–Kier alpha value is -3.35. The minimum atomic E-state index is -3.68. The number of methoxy groups -OCH3 is 2. The van der Waals surface area contributed by atoms with Gasteiger partial charge in [0.15, 0.2) is 4.80 Å². The number of amides is 1. The Kier molecular flexibility index (Phi) is 8.14. The molecule has 202 valence electrons. The fraction of sp³-hybridized carbons (Fsp3) is 0.385. The summed E-state index contributed by atoms with van der Waals surface area (Å²) in [6.45, 7) is 4.82. The summed E-state index contributed by atoms with van der Waals surface area (Å²) in [4.78, 5) is 41.6. The van der Waals surface area contributed by atoms with Crippen LogP contribution in [0.1, 0.15) is 41.0 Å². The largest absolute Gasteiger partial charge is 0.468 e. The molecule has 1 aromatic heterocycles. The van der Waals surface area contributed by atoms with Crippen LogP contribution >= 0.6 is 11.3 Å². The molecular weight excluding hydrogens is 530 g/mol. The van der Waals surface area contributed by atoms with Gasteiger partial charge in [-0.25, -0.2) is 13.2 Å². The van der Waals surface area contributed by atoms with E-state index in [0.717, 1.165) is 17.8 Å². The monoisotopic (exact) mass is 559 g/mol. The predicted octanol–water partition coefficient (Wildman–Crippen LogP) is 3.07. The Bertz CT molecular complexity index is 1550. The molecule has 1 amide bonds. The molecule has 2 unspecified atom stereocenters. The Morgan fingerprint density at radius 1 is 0.974 bits per heavy atom. The summed E-state index contributed by atoms with van der Waals surface area (Å²) < 4.78 is 39.5. The molecule has 2 atom stereocenters. The Balaban J connectivity index is 1.67. The average molecular weight is 560 g/mol. The highest BCUT2D eigenvalue weighted by Crippen LogP contribution is 2.27. The van der Waals surface area contributed by atoms with Gasteiger partial charge in [-0.3, -0.25) is 9.59 Å². The second-order valence-corrected chi connectivity index (χ2v) is 12.4. The molecule has 3 aromatic rings. The Morgan fingerprint density at radius 2 is 1.61 bits per heavy atom. The number of rotatable bonds is 6. The maximum atomic E-state index is 13.2. The molecule has 1 fully saturated rings. The number of fused-ring (bicyclic) bond motifs is 1. The van der Waals surface area contributed by atoms with Crippen molar-refractivity contribution in [2.45, 2.75) is 31.7 Å². The van der Waals surface area contributed by atoms with Crippen LogP contribution in [0.4, 0.5) is 0 Å². The second kappa shape index (κ2) is 11.2. The number of carbonyl (C=O) groups is 3. The molecule has 4 rings (SSSR count). The van der Waals surface area contributed by atoms with Gasteiger partial charge in [0.1, 0.15) is 6.54 Å². The van der Waals surface area contributed by atoms with Crippen molar-refractivity contribution in [1.29, 1.82) is 0 Å². The summed E-state index contributed by atoms with van der Waals surface area (Å²) in [7, 11) is -1.14. The highest BCUT2D eigenvalue weighted by molar-refractivity contribution is 7.89. The number of carbonyl (C=O) groups excluding carboxylic acids is 3. The van der Waals surface area contributed by atoms with Gasteiger partial charge < -0.3 is 14.0 Å². The number of piperidine rings is 1. The number of sulfonamides is 1. The van der Waals surface area contributed by atoms with Crippen LogP contribution in [0.25, 0.3) is 10.2 Å². The first-order valence-electron chi connectivity index (χ1n) is 12.0. The van der Waals surface area contributed by atoms with Gasteiger partial charge >= 0.3 is 11.9 Å².